The Morgan fingerprint density at radius 2 is 1.40 bits per heavy atom. The van der Waals surface area contributed by atoms with E-state index in [1.165, 1.54) is 16.5 Å². The summed E-state index contributed by atoms with van der Waals surface area (Å²) < 4.78 is 0. The number of fused-ring (bicyclic) bond motifs is 1. The Balaban J connectivity index is 1.26. The van der Waals surface area contributed by atoms with Gasteiger partial charge in [0.1, 0.15) is 0 Å². The van der Waals surface area contributed by atoms with Crippen LogP contribution in [0.25, 0.3) is 46.3 Å². The zero-order chi connectivity index (χ0) is 20.2. The van der Waals surface area contributed by atoms with Crippen molar-refractivity contribution in [3.8, 4) is 11.1 Å². The maximum atomic E-state index is 4.38. The first-order chi connectivity index (χ1) is 14.8. The van der Waals surface area contributed by atoms with Crippen molar-refractivity contribution >= 4 is 35.2 Å². The standard InChI is InChI=1S/C27H21N3/c1-2-4-22(5-3-1)23-11-6-20(7-12-23)9-14-25-19-26(30-29-25)15-10-21-8-13-24-16-17-28-27(24)18-21/h1-19,28H,(H,29,30)/b14-9+,15-10+. The van der Waals surface area contributed by atoms with E-state index in [9.17, 15) is 0 Å². The predicted octanol–water partition coefficient (Wildman–Crippen LogP) is 6.90. The van der Waals surface area contributed by atoms with E-state index < -0.39 is 0 Å². The first kappa shape index (κ1) is 18.0. The molecule has 0 saturated carbocycles. The molecule has 0 bridgehead atoms. The molecule has 0 atom stereocenters. The van der Waals surface area contributed by atoms with Gasteiger partial charge in [-0.3, -0.25) is 5.10 Å². The SMILES string of the molecule is C(=C\c1cc(/C=C/c2ccc3cc[nH]c3c2)n[nH]1)/c1ccc(-c2ccccc2)cc1. The Morgan fingerprint density at radius 1 is 0.633 bits per heavy atom. The molecule has 5 aromatic rings. The van der Waals surface area contributed by atoms with Gasteiger partial charge in [-0.2, -0.15) is 5.10 Å². The highest BCUT2D eigenvalue weighted by Gasteiger charge is 1.98. The van der Waals surface area contributed by atoms with Crippen LogP contribution in [-0.2, 0) is 0 Å². The molecule has 3 aromatic carbocycles. The molecule has 0 fully saturated rings. The Morgan fingerprint density at radius 3 is 2.27 bits per heavy atom. The van der Waals surface area contributed by atoms with Crippen molar-refractivity contribution in [2.75, 3.05) is 0 Å². The first-order valence-electron chi connectivity index (χ1n) is 9.98. The van der Waals surface area contributed by atoms with Gasteiger partial charge < -0.3 is 4.98 Å². The summed E-state index contributed by atoms with van der Waals surface area (Å²) in [5, 5.41) is 8.68. The van der Waals surface area contributed by atoms with E-state index >= 15 is 0 Å². The minimum Gasteiger partial charge on any atom is -0.361 e. The van der Waals surface area contributed by atoms with Crippen LogP contribution < -0.4 is 0 Å². The average Bonchev–Trinajstić information content (AvgIpc) is 3.46. The summed E-state index contributed by atoms with van der Waals surface area (Å²) in [5.41, 5.74) is 7.76. The van der Waals surface area contributed by atoms with Gasteiger partial charge in [-0.05, 0) is 58.0 Å². The van der Waals surface area contributed by atoms with E-state index in [0.29, 0.717) is 0 Å². The van der Waals surface area contributed by atoms with E-state index in [-0.39, 0.29) is 0 Å². The van der Waals surface area contributed by atoms with Crippen molar-refractivity contribution in [1.29, 1.82) is 0 Å². The quantitative estimate of drug-likeness (QED) is 0.338. The van der Waals surface area contributed by atoms with Gasteiger partial charge in [0.15, 0.2) is 0 Å². The van der Waals surface area contributed by atoms with Crippen molar-refractivity contribution in [3.63, 3.8) is 0 Å². The fourth-order valence-corrected chi connectivity index (χ4v) is 3.48. The highest BCUT2D eigenvalue weighted by atomic mass is 15.1. The summed E-state index contributed by atoms with van der Waals surface area (Å²) in [6.07, 6.45) is 10.2. The summed E-state index contributed by atoms with van der Waals surface area (Å²) in [4.78, 5) is 3.24. The second-order valence-corrected chi connectivity index (χ2v) is 7.23. The van der Waals surface area contributed by atoms with Crippen LogP contribution in [-0.4, -0.2) is 15.2 Å². The van der Waals surface area contributed by atoms with Gasteiger partial charge in [0.05, 0.1) is 11.4 Å². The molecule has 0 aliphatic rings. The predicted molar refractivity (Wildman–Crippen MR) is 127 cm³/mol. The second-order valence-electron chi connectivity index (χ2n) is 7.23. The molecule has 2 aromatic heterocycles. The summed E-state index contributed by atoms with van der Waals surface area (Å²) in [6.45, 7) is 0. The van der Waals surface area contributed by atoms with Crippen LogP contribution in [0.4, 0.5) is 0 Å². The zero-order valence-electron chi connectivity index (χ0n) is 16.4. The molecule has 144 valence electrons. The number of aromatic amines is 2. The lowest BCUT2D eigenvalue weighted by Crippen LogP contribution is -1.78. The lowest BCUT2D eigenvalue weighted by Gasteiger charge is -2.01. The number of hydrogen-bond donors (Lipinski definition) is 2. The molecule has 0 spiro atoms. The number of benzene rings is 3. The summed E-state index contributed by atoms with van der Waals surface area (Å²) >= 11 is 0. The van der Waals surface area contributed by atoms with Crippen LogP contribution in [0.1, 0.15) is 22.5 Å². The third-order valence-corrected chi connectivity index (χ3v) is 5.12. The molecule has 30 heavy (non-hydrogen) atoms. The van der Waals surface area contributed by atoms with E-state index in [0.717, 1.165) is 28.0 Å². The van der Waals surface area contributed by atoms with Crippen LogP contribution in [0, 0.1) is 0 Å². The highest BCUT2D eigenvalue weighted by molar-refractivity contribution is 5.83. The summed E-state index contributed by atoms with van der Waals surface area (Å²) in [5.74, 6) is 0. The van der Waals surface area contributed by atoms with Crippen molar-refractivity contribution in [3.05, 3.63) is 114 Å². The van der Waals surface area contributed by atoms with Crippen molar-refractivity contribution in [1.82, 2.24) is 15.2 Å². The van der Waals surface area contributed by atoms with E-state index in [2.05, 4.69) is 100 Å². The number of nitrogens with zero attached hydrogens (tertiary/aromatic N) is 1. The molecule has 0 unspecified atom stereocenters. The van der Waals surface area contributed by atoms with Gasteiger partial charge >= 0.3 is 0 Å². The normalized spacial score (nSPS) is 11.7. The Bertz CT molecular complexity index is 1320. The molecular weight excluding hydrogens is 366 g/mol. The summed E-state index contributed by atoms with van der Waals surface area (Å²) in [6, 6.07) is 29.5. The average molecular weight is 387 g/mol. The van der Waals surface area contributed by atoms with Gasteiger partial charge in [-0.25, -0.2) is 0 Å². The number of aromatic nitrogens is 3. The maximum Gasteiger partial charge on any atom is 0.0854 e. The van der Waals surface area contributed by atoms with Crippen LogP contribution in [0.5, 0.6) is 0 Å². The van der Waals surface area contributed by atoms with E-state index in [1.54, 1.807) is 0 Å². The van der Waals surface area contributed by atoms with Gasteiger partial charge in [0, 0.05) is 11.7 Å². The highest BCUT2D eigenvalue weighted by Crippen LogP contribution is 2.20. The smallest absolute Gasteiger partial charge is 0.0854 e. The summed E-state index contributed by atoms with van der Waals surface area (Å²) in [7, 11) is 0. The molecule has 0 aliphatic carbocycles. The first-order valence-corrected chi connectivity index (χ1v) is 9.98. The van der Waals surface area contributed by atoms with Gasteiger partial charge in [-0.1, -0.05) is 78.9 Å². The fourth-order valence-electron chi connectivity index (χ4n) is 3.48. The number of H-pyrrole nitrogens is 2. The van der Waals surface area contributed by atoms with Crippen LogP contribution in [0.3, 0.4) is 0 Å². The maximum absolute atomic E-state index is 4.38. The minimum absolute atomic E-state index is 0.903. The Hall–Kier alpha value is -4.11. The topological polar surface area (TPSA) is 44.5 Å². The molecule has 3 heteroatoms. The van der Waals surface area contributed by atoms with Gasteiger partial charge in [-0.15, -0.1) is 0 Å². The third kappa shape index (κ3) is 4.01. The van der Waals surface area contributed by atoms with Crippen molar-refractivity contribution < 1.29 is 0 Å². The molecule has 2 heterocycles. The molecule has 5 rings (SSSR count). The van der Waals surface area contributed by atoms with E-state index in [4.69, 9.17) is 0 Å². The Labute approximate surface area is 175 Å². The molecule has 0 aliphatic heterocycles. The van der Waals surface area contributed by atoms with Gasteiger partial charge in [0.2, 0.25) is 0 Å². The number of rotatable bonds is 5. The van der Waals surface area contributed by atoms with Crippen LogP contribution in [0.2, 0.25) is 0 Å². The fraction of sp³-hybridized carbons (Fsp3) is 0. The number of hydrogen-bond acceptors (Lipinski definition) is 1. The van der Waals surface area contributed by atoms with Crippen molar-refractivity contribution in [2.24, 2.45) is 0 Å². The molecular formula is C27H21N3. The minimum atomic E-state index is 0.903. The van der Waals surface area contributed by atoms with E-state index in [1.807, 2.05) is 30.5 Å². The number of nitrogens with one attached hydrogen (secondary N) is 2. The molecule has 0 amide bonds. The molecule has 2 N–H and O–H groups in total. The molecule has 0 radical (unpaired) electrons. The molecule has 0 saturated heterocycles. The lowest BCUT2D eigenvalue weighted by atomic mass is 10.0. The monoisotopic (exact) mass is 387 g/mol. The van der Waals surface area contributed by atoms with Crippen LogP contribution in [0.15, 0.2) is 91.1 Å². The zero-order valence-corrected chi connectivity index (χ0v) is 16.4. The second kappa shape index (κ2) is 8.10. The Kier molecular flexibility index (Phi) is 4.84. The van der Waals surface area contributed by atoms with Gasteiger partial charge in [0.25, 0.3) is 0 Å². The third-order valence-electron chi connectivity index (χ3n) is 5.12. The largest absolute Gasteiger partial charge is 0.361 e. The van der Waals surface area contributed by atoms with Crippen LogP contribution >= 0.6 is 0 Å². The van der Waals surface area contributed by atoms with Crippen molar-refractivity contribution in [2.45, 2.75) is 0 Å². The lowest BCUT2D eigenvalue weighted by molar-refractivity contribution is 1.07. The molecule has 3 nitrogen and oxygen atoms in total.